The van der Waals surface area contributed by atoms with Gasteiger partial charge in [0.15, 0.2) is 0 Å². The number of nitro groups is 1. The second kappa shape index (κ2) is 4.89. The van der Waals surface area contributed by atoms with Crippen LogP contribution in [0, 0.1) is 17.0 Å². The van der Waals surface area contributed by atoms with E-state index < -0.39 is 10.9 Å². The van der Waals surface area contributed by atoms with Gasteiger partial charge in [-0.05, 0) is 13.0 Å². The van der Waals surface area contributed by atoms with Crippen molar-refractivity contribution >= 4 is 11.7 Å². The Morgan fingerprint density at radius 1 is 1.53 bits per heavy atom. The quantitative estimate of drug-likeness (QED) is 0.667. The summed E-state index contributed by atoms with van der Waals surface area (Å²) in [6.45, 7) is 1.70. The third-order valence-electron chi connectivity index (χ3n) is 2.65. The lowest BCUT2D eigenvalue weighted by atomic mass is 10.2. The highest BCUT2D eigenvalue weighted by Crippen LogP contribution is 2.18. The van der Waals surface area contributed by atoms with Crippen molar-refractivity contribution in [1.82, 2.24) is 9.78 Å². The molecule has 0 spiro atoms. The van der Waals surface area contributed by atoms with Crippen LogP contribution < -0.4 is 0 Å². The number of aliphatic carboxylic acids is 1. The predicted molar refractivity (Wildman–Crippen MR) is 66.3 cm³/mol. The van der Waals surface area contributed by atoms with E-state index in [0.29, 0.717) is 16.9 Å². The Balaban J connectivity index is 2.39. The molecule has 0 bridgehead atoms. The number of nitro benzene ring substituents is 1. The highest BCUT2D eigenvalue weighted by atomic mass is 16.6. The van der Waals surface area contributed by atoms with Crippen LogP contribution in [0.4, 0.5) is 5.69 Å². The Bertz CT molecular complexity index is 648. The summed E-state index contributed by atoms with van der Waals surface area (Å²) in [7, 11) is 0. The first-order valence-corrected chi connectivity index (χ1v) is 5.49. The molecule has 1 N–H and O–H groups in total. The summed E-state index contributed by atoms with van der Waals surface area (Å²) < 4.78 is 1.45. The largest absolute Gasteiger partial charge is 0.481 e. The van der Waals surface area contributed by atoms with Crippen LogP contribution in [0.1, 0.15) is 11.3 Å². The molecule has 0 aliphatic rings. The van der Waals surface area contributed by atoms with E-state index in [-0.39, 0.29) is 12.1 Å². The van der Waals surface area contributed by atoms with Gasteiger partial charge in [-0.3, -0.25) is 14.9 Å². The summed E-state index contributed by atoms with van der Waals surface area (Å²) >= 11 is 0. The molecule has 7 nitrogen and oxygen atoms in total. The molecule has 7 heteroatoms. The van der Waals surface area contributed by atoms with Crippen molar-refractivity contribution in [3.05, 3.63) is 51.8 Å². The molecule has 0 fully saturated rings. The highest BCUT2D eigenvalue weighted by Gasteiger charge is 2.12. The monoisotopic (exact) mass is 261 g/mol. The third kappa shape index (κ3) is 2.76. The highest BCUT2D eigenvalue weighted by molar-refractivity contribution is 5.70. The summed E-state index contributed by atoms with van der Waals surface area (Å²) in [6.07, 6.45) is 1.45. The summed E-state index contributed by atoms with van der Waals surface area (Å²) in [6, 6.07) is 6.00. The van der Waals surface area contributed by atoms with Gasteiger partial charge in [-0.15, -0.1) is 0 Å². The molecule has 0 saturated heterocycles. The number of carboxylic acid groups (broad SMARTS) is 1. The van der Waals surface area contributed by atoms with E-state index in [1.165, 1.54) is 16.8 Å². The number of nitrogens with zero attached hydrogens (tertiary/aromatic N) is 3. The van der Waals surface area contributed by atoms with Crippen molar-refractivity contribution in [2.75, 3.05) is 0 Å². The first-order valence-electron chi connectivity index (χ1n) is 5.49. The van der Waals surface area contributed by atoms with Crippen molar-refractivity contribution in [3.8, 4) is 5.69 Å². The van der Waals surface area contributed by atoms with Crippen LogP contribution in [-0.4, -0.2) is 25.8 Å². The maximum absolute atomic E-state index is 10.7. The minimum absolute atomic E-state index is 0.0366. The van der Waals surface area contributed by atoms with Crippen LogP contribution >= 0.6 is 0 Å². The molecule has 0 amide bonds. The predicted octanol–water partition coefficient (Wildman–Crippen LogP) is 1.72. The van der Waals surface area contributed by atoms with Crippen LogP contribution in [-0.2, 0) is 11.2 Å². The van der Waals surface area contributed by atoms with Gasteiger partial charge in [0.05, 0.1) is 22.7 Å². The summed E-state index contributed by atoms with van der Waals surface area (Å²) in [4.78, 5) is 20.9. The zero-order valence-electron chi connectivity index (χ0n) is 10.1. The number of aryl methyl sites for hydroxylation is 1. The molecule has 19 heavy (non-hydrogen) atoms. The van der Waals surface area contributed by atoms with Gasteiger partial charge in [-0.2, -0.15) is 5.10 Å². The maximum Gasteiger partial charge on any atom is 0.307 e. The van der Waals surface area contributed by atoms with Crippen LogP contribution in [0.3, 0.4) is 0 Å². The van der Waals surface area contributed by atoms with E-state index in [2.05, 4.69) is 5.10 Å². The average Bonchev–Trinajstić information content (AvgIpc) is 2.70. The van der Waals surface area contributed by atoms with Crippen molar-refractivity contribution in [3.63, 3.8) is 0 Å². The molecule has 0 atom stereocenters. The molecule has 0 unspecified atom stereocenters. The average molecular weight is 261 g/mol. The number of rotatable bonds is 4. The van der Waals surface area contributed by atoms with E-state index in [1.54, 1.807) is 25.3 Å². The van der Waals surface area contributed by atoms with E-state index in [9.17, 15) is 14.9 Å². The van der Waals surface area contributed by atoms with E-state index in [0.717, 1.165) is 0 Å². The number of carbonyl (C=O) groups is 1. The molecule has 0 radical (unpaired) electrons. The minimum Gasteiger partial charge on any atom is -0.481 e. The van der Waals surface area contributed by atoms with E-state index in [1.807, 2.05) is 0 Å². The number of aromatic nitrogens is 2. The first kappa shape index (κ1) is 12.7. The molecule has 0 aliphatic heterocycles. The zero-order chi connectivity index (χ0) is 14.0. The van der Waals surface area contributed by atoms with Gasteiger partial charge in [0, 0.05) is 23.9 Å². The molecular formula is C12H11N3O4. The van der Waals surface area contributed by atoms with Gasteiger partial charge in [0.25, 0.3) is 5.69 Å². The molecule has 2 aromatic rings. The number of carboxylic acids is 1. The van der Waals surface area contributed by atoms with Gasteiger partial charge >= 0.3 is 5.97 Å². The lowest BCUT2D eigenvalue weighted by Crippen LogP contribution is -2.00. The van der Waals surface area contributed by atoms with Crippen LogP contribution in [0.15, 0.2) is 30.5 Å². The fourth-order valence-electron chi connectivity index (χ4n) is 1.71. The third-order valence-corrected chi connectivity index (χ3v) is 2.65. The lowest BCUT2D eigenvalue weighted by molar-refractivity contribution is -0.384. The van der Waals surface area contributed by atoms with Crippen LogP contribution in [0.2, 0.25) is 0 Å². The number of non-ortho nitro benzene ring substituents is 1. The Morgan fingerprint density at radius 2 is 2.26 bits per heavy atom. The SMILES string of the molecule is Cc1nn(-c2cccc([N+](=O)[O-])c2)cc1CC(=O)O. The van der Waals surface area contributed by atoms with Gasteiger partial charge in [0.1, 0.15) is 0 Å². The van der Waals surface area contributed by atoms with Gasteiger partial charge in [0.2, 0.25) is 0 Å². The van der Waals surface area contributed by atoms with Crippen molar-refractivity contribution in [2.45, 2.75) is 13.3 Å². The number of hydrogen-bond donors (Lipinski definition) is 1. The number of hydrogen-bond acceptors (Lipinski definition) is 4. The maximum atomic E-state index is 10.7. The lowest BCUT2D eigenvalue weighted by Gasteiger charge is -2.00. The van der Waals surface area contributed by atoms with Crippen molar-refractivity contribution < 1.29 is 14.8 Å². The fourth-order valence-corrected chi connectivity index (χ4v) is 1.71. The topological polar surface area (TPSA) is 98.3 Å². The smallest absolute Gasteiger partial charge is 0.307 e. The molecular weight excluding hydrogens is 250 g/mol. The Hall–Kier alpha value is -2.70. The van der Waals surface area contributed by atoms with E-state index >= 15 is 0 Å². The normalized spacial score (nSPS) is 10.4. The van der Waals surface area contributed by atoms with Crippen LogP contribution in [0.25, 0.3) is 5.69 Å². The van der Waals surface area contributed by atoms with Gasteiger partial charge in [-0.25, -0.2) is 4.68 Å². The molecule has 0 aliphatic carbocycles. The summed E-state index contributed by atoms with van der Waals surface area (Å²) in [5, 5.41) is 23.6. The van der Waals surface area contributed by atoms with Gasteiger partial charge in [-0.1, -0.05) is 6.07 Å². The summed E-state index contributed by atoms with van der Waals surface area (Å²) in [5.74, 6) is -0.943. The molecule has 2 rings (SSSR count). The van der Waals surface area contributed by atoms with Crippen LogP contribution in [0.5, 0.6) is 0 Å². The molecule has 1 aromatic carbocycles. The molecule has 0 saturated carbocycles. The van der Waals surface area contributed by atoms with Crippen molar-refractivity contribution in [2.24, 2.45) is 0 Å². The minimum atomic E-state index is -0.943. The summed E-state index contributed by atoms with van der Waals surface area (Å²) in [5.41, 5.74) is 1.66. The second-order valence-electron chi connectivity index (χ2n) is 4.03. The Kier molecular flexibility index (Phi) is 3.28. The molecule has 1 heterocycles. The first-order chi connectivity index (χ1) is 8.97. The standard InChI is InChI=1S/C12H11N3O4/c1-8-9(5-12(16)17)7-14(13-8)10-3-2-4-11(6-10)15(18)19/h2-4,6-7H,5H2,1H3,(H,16,17). The number of benzene rings is 1. The Morgan fingerprint density at radius 3 is 2.89 bits per heavy atom. The molecule has 98 valence electrons. The van der Waals surface area contributed by atoms with E-state index in [4.69, 9.17) is 5.11 Å². The second-order valence-corrected chi connectivity index (χ2v) is 4.03. The molecule has 1 aromatic heterocycles. The Labute approximate surface area is 108 Å². The zero-order valence-corrected chi connectivity index (χ0v) is 10.1. The van der Waals surface area contributed by atoms with Crippen molar-refractivity contribution in [1.29, 1.82) is 0 Å². The fraction of sp³-hybridized carbons (Fsp3) is 0.167. The van der Waals surface area contributed by atoms with Gasteiger partial charge < -0.3 is 5.11 Å².